The number of nitrogens with two attached hydrogens (primary N) is 1. The maximum absolute atomic E-state index is 11.5. The maximum atomic E-state index is 11.5. The molecule has 9 heteroatoms. The third-order valence-corrected chi connectivity index (χ3v) is 4.00. The highest BCUT2D eigenvalue weighted by Crippen LogP contribution is 2.33. The first-order chi connectivity index (χ1) is 11.4. The van der Waals surface area contributed by atoms with Crippen LogP contribution in [0.15, 0.2) is 12.1 Å². The number of benzene rings is 1. The molecule has 0 spiro atoms. The summed E-state index contributed by atoms with van der Waals surface area (Å²) < 4.78 is 5.70. The van der Waals surface area contributed by atoms with E-state index in [0.717, 1.165) is 13.0 Å². The molecule has 0 saturated carbocycles. The van der Waals surface area contributed by atoms with Gasteiger partial charge in [0.15, 0.2) is 0 Å². The number of likely N-dealkylation sites (tertiary alicyclic amines) is 1. The summed E-state index contributed by atoms with van der Waals surface area (Å²) in [5.41, 5.74) is 5.51. The largest absolute Gasteiger partial charge is 0.507 e. The van der Waals surface area contributed by atoms with E-state index in [1.54, 1.807) is 6.07 Å². The standard InChI is InChI=1S/C15H23BN2O6/c17-6-1-7-18-8-11(9-18)24-12-3-2-10(4-5-16(22)23)14(19)13(12)15(20)21/h2-3,11,19,22-23H,1,4-9,17H2,(H,20,21). The van der Waals surface area contributed by atoms with Crippen LogP contribution in [-0.4, -0.2) is 70.5 Å². The van der Waals surface area contributed by atoms with Crippen molar-refractivity contribution in [3.8, 4) is 11.5 Å². The van der Waals surface area contributed by atoms with Crippen molar-refractivity contribution in [1.29, 1.82) is 0 Å². The molecule has 0 aliphatic carbocycles. The number of rotatable bonds is 9. The van der Waals surface area contributed by atoms with Crippen LogP contribution in [0.4, 0.5) is 0 Å². The monoisotopic (exact) mass is 338 g/mol. The van der Waals surface area contributed by atoms with Gasteiger partial charge in [0.1, 0.15) is 23.2 Å². The predicted molar refractivity (Wildman–Crippen MR) is 88.3 cm³/mol. The zero-order valence-electron chi connectivity index (χ0n) is 13.4. The molecule has 1 aromatic carbocycles. The van der Waals surface area contributed by atoms with Crippen molar-refractivity contribution in [3.05, 3.63) is 23.3 Å². The first-order valence-corrected chi connectivity index (χ1v) is 7.95. The van der Waals surface area contributed by atoms with E-state index in [1.807, 2.05) is 0 Å². The van der Waals surface area contributed by atoms with Gasteiger partial charge < -0.3 is 30.7 Å². The summed E-state index contributed by atoms with van der Waals surface area (Å²) in [7, 11) is -1.51. The fraction of sp³-hybridized carbons (Fsp3) is 0.533. The lowest BCUT2D eigenvalue weighted by atomic mass is 9.82. The molecule has 6 N–H and O–H groups in total. The summed E-state index contributed by atoms with van der Waals surface area (Å²) >= 11 is 0. The lowest BCUT2D eigenvalue weighted by Crippen LogP contribution is -2.54. The van der Waals surface area contributed by atoms with E-state index in [-0.39, 0.29) is 35.9 Å². The smallest absolute Gasteiger partial charge is 0.451 e. The van der Waals surface area contributed by atoms with E-state index >= 15 is 0 Å². The van der Waals surface area contributed by atoms with E-state index in [9.17, 15) is 15.0 Å². The van der Waals surface area contributed by atoms with Gasteiger partial charge in [-0.2, -0.15) is 0 Å². The SMILES string of the molecule is NCCCN1CC(Oc2ccc(CCB(O)O)c(O)c2C(=O)O)C1. The zero-order valence-corrected chi connectivity index (χ0v) is 13.4. The van der Waals surface area contributed by atoms with Gasteiger partial charge in [-0.05, 0) is 43.9 Å². The van der Waals surface area contributed by atoms with Crippen LogP contribution < -0.4 is 10.5 Å². The van der Waals surface area contributed by atoms with Crippen molar-refractivity contribution >= 4 is 13.1 Å². The Kier molecular flexibility index (Phi) is 6.44. The second-order valence-corrected chi connectivity index (χ2v) is 5.91. The highest BCUT2D eigenvalue weighted by atomic mass is 16.5. The number of nitrogens with zero attached hydrogens (tertiary/aromatic N) is 1. The number of aromatic carboxylic acids is 1. The molecule has 24 heavy (non-hydrogen) atoms. The van der Waals surface area contributed by atoms with Crippen LogP contribution in [0.5, 0.6) is 11.5 Å². The molecule has 1 fully saturated rings. The Morgan fingerprint density at radius 3 is 2.67 bits per heavy atom. The molecule has 1 aliphatic rings. The van der Waals surface area contributed by atoms with E-state index in [4.69, 9.17) is 20.5 Å². The summed E-state index contributed by atoms with van der Waals surface area (Å²) in [6, 6.07) is 3.05. The van der Waals surface area contributed by atoms with Crippen LogP contribution in [0.1, 0.15) is 22.3 Å². The zero-order chi connectivity index (χ0) is 17.7. The number of hydrogen-bond acceptors (Lipinski definition) is 7. The summed E-state index contributed by atoms with van der Waals surface area (Å²) in [6.07, 6.45) is 0.941. The number of phenols is 1. The van der Waals surface area contributed by atoms with Crippen molar-refractivity contribution < 1.29 is 29.8 Å². The first kappa shape index (κ1) is 18.5. The van der Waals surface area contributed by atoms with Crippen LogP contribution in [0.2, 0.25) is 6.32 Å². The summed E-state index contributed by atoms with van der Waals surface area (Å²) in [5.74, 6) is -1.55. The number of hydrogen-bond donors (Lipinski definition) is 5. The molecule has 1 heterocycles. The Morgan fingerprint density at radius 1 is 1.38 bits per heavy atom. The summed E-state index contributed by atoms with van der Waals surface area (Å²) in [4.78, 5) is 13.6. The number of aromatic hydroxyl groups is 1. The van der Waals surface area contributed by atoms with Crippen molar-refractivity contribution in [2.75, 3.05) is 26.2 Å². The van der Waals surface area contributed by atoms with E-state index in [1.165, 1.54) is 6.07 Å². The van der Waals surface area contributed by atoms with Crippen LogP contribution in [-0.2, 0) is 6.42 Å². The Labute approximate surface area is 140 Å². The molecule has 0 bridgehead atoms. The fourth-order valence-corrected chi connectivity index (χ4v) is 2.68. The number of carboxylic acid groups (broad SMARTS) is 1. The number of ether oxygens (including phenoxy) is 1. The van der Waals surface area contributed by atoms with Gasteiger partial charge in [0, 0.05) is 13.1 Å². The van der Waals surface area contributed by atoms with Gasteiger partial charge in [-0.1, -0.05) is 6.07 Å². The summed E-state index contributed by atoms with van der Waals surface area (Å²) in [5, 5.41) is 37.3. The highest BCUT2D eigenvalue weighted by molar-refractivity contribution is 6.41. The summed E-state index contributed by atoms with van der Waals surface area (Å²) in [6.45, 7) is 2.90. The van der Waals surface area contributed by atoms with E-state index in [0.29, 0.717) is 25.2 Å². The molecule has 0 radical (unpaired) electrons. The molecular formula is C15H23BN2O6. The Morgan fingerprint density at radius 2 is 2.08 bits per heavy atom. The van der Waals surface area contributed by atoms with Gasteiger partial charge in [-0.15, -0.1) is 0 Å². The maximum Gasteiger partial charge on any atom is 0.451 e. The Bertz CT molecular complexity index is 577. The second kappa shape index (κ2) is 8.34. The molecule has 0 aromatic heterocycles. The number of carbonyl (C=O) groups is 1. The first-order valence-electron chi connectivity index (χ1n) is 7.95. The molecule has 2 rings (SSSR count). The minimum Gasteiger partial charge on any atom is -0.507 e. The third kappa shape index (κ3) is 4.61. The molecule has 0 atom stereocenters. The minimum atomic E-state index is -1.51. The van der Waals surface area contributed by atoms with E-state index < -0.39 is 13.1 Å². The van der Waals surface area contributed by atoms with Crippen LogP contribution in [0.25, 0.3) is 0 Å². The molecule has 1 saturated heterocycles. The predicted octanol–water partition coefficient (Wildman–Crippen LogP) is -0.483. The number of aryl methyl sites for hydroxylation is 1. The lowest BCUT2D eigenvalue weighted by molar-refractivity contribution is 0.0186. The van der Waals surface area contributed by atoms with Crippen molar-refractivity contribution in [1.82, 2.24) is 4.90 Å². The molecule has 0 amide bonds. The van der Waals surface area contributed by atoms with Crippen LogP contribution >= 0.6 is 0 Å². The number of carboxylic acids is 1. The third-order valence-electron chi connectivity index (χ3n) is 4.00. The molecule has 0 unspecified atom stereocenters. The van der Waals surface area contributed by atoms with Crippen molar-refractivity contribution in [2.45, 2.75) is 25.3 Å². The Balaban J connectivity index is 2.05. The van der Waals surface area contributed by atoms with Gasteiger partial charge in [0.05, 0.1) is 0 Å². The van der Waals surface area contributed by atoms with Crippen LogP contribution in [0, 0.1) is 0 Å². The van der Waals surface area contributed by atoms with Gasteiger partial charge in [-0.3, -0.25) is 4.90 Å². The second-order valence-electron chi connectivity index (χ2n) is 5.91. The lowest BCUT2D eigenvalue weighted by Gasteiger charge is -2.39. The Hall–Kier alpha value is -1.81. The van der Waals surface area contributed by atoms with Crippen molar-refractivity contribution in [2.24, 2.45) is 5.73 Å². The van der Waals surface area contributed by atoms with Gasteiger partial charge in [0.25, 0.3) is 0 Å². The fourth-order valence-electron chi connectivity index (χ4n) is 2.68. The van der Waals surface area contributed by atoms with Crippen LogP contribution in [0.3, 0.4) is 0 Å². The molecule has 1 aliphatic heterocycles. The van der Waals surface area contributed by atoms with Gasteiger partial charge >= 0.3 is 13.1 Å². The molecular weight excluding hydrogens is 315 g/mol. The normalized spacial score (nSPS) is 15.1. The van der Waals surface area contributed by atoms with Gasteiger partial charge in [-0.25, -0.2) is 4.79 Å². The topological polar surface area (TPSA) is 136 Å². The molecule has 132 valence electrons. The molecule has 1 aromatic rings. The molecule has 8 nitrogen and oxygen atoms in total. The average molecular weight is 338 g/mol. The van der Waals surface area contributed by atoms with Gasteiger partial charge in [0.2, 0.25) is 0 Å². The van der Waals surface area contributed by atoms with Crippen molar-refractivity contribution in [3.63, 3.8) is 0 Å². The average Bonchev–Trinajstić information content (AvgIpc) is 2.47. The van der Waals surface area contributed by atoms with E-state index in [2.05, 4.69) is 4.90 Å². The minimum absolute atomic E-state index is 0.00551. The quantitative estimate of drug-likeness (QED) is 0.381. The highest BCUT2D eigenvalue weighted by Gasteiger charge is 2.30.